The molecule has 0 radical (unpaired) electrons. The molecular formula is C26H31ClN6O6S. The van der Waals surface area contributed by atoms with E-state index in [1.54, 1.807) is 25.3 Å². The van der Waals surface area contributed by atoms with Crippen LogP contribution >= 0.6 is 11.6 Å². The molecule has 2 fully saturated rings. The zero-order chi connectivity index (χ0) is 28.6. The first kappa shape index (κ1) is 28.3. The van der Waals surface area contributed by atoms with Crippen molar-refractivity contribution in [3.63, 3.8) is 0 Å². The molecule has 40 heavy (non-hydrogen) atoms. The van der Waals surface area contributed by atoms with Crippen LogP contribution in [0.1, 0.15) is 31.5 Å². The minimum Gasteiger partial charge on any atom is -0.464 e. The SMILES string of the molecule is CCOC(=O)C1CN(S(=O)(=O)c2ccc3c(Cl)c[nH]c3c2)CC(=O)N1C(c1ccc(=O)n(C)n1)C1CCNCC1. The van der Waals surface area contributed by atoms with E-state index < -0.39 is 40.5 Å². The first-order chi connectivity index (χ1) is 19.1. The molecule has 2 atom stereocenters. The number of aromatic amines is 1. The Balaban J connectivity index is 1.55. The van der Waals surface area contributed by atoms with Gasteiger partial charge in [-0.2, -0.15) is 9.40 Å². The van der Waals surface area contributed by atoms with Crippen LogP contribution in [0.2, 0.25) is 5.02 Å². The number of aromatic nitrogens is 3. The molecule has 214 valence electrons. The van der Waals surface area contributed by atoms with Gasteiger partial charge in [-0.05, 0) is 63.0 Å². The van der Waals surface area contributed by atoms with Crippen LogP contribution in [0.15, 0.2) is 46.2 Å². The van der Waals surface area contributed by atoms with Crippen molar-refractivity contribution in [3.05, 3.63) is 57.6 Å². The Morgan fingerprint density at radius 3 is 2.65 bits per heavy atom. The van der Waals surface area contributed by atoms with Crippen molar-refractivity contribution in [3.8, 4) is 0 Å². The monoisotopic (exact) mass is 590 g/mol. The molecule has 4 heterocycles. The van der Waals surface area contributed by atoms with Crippen molar-refractivity contribution < 1.29 is 22.7 Å². The number of halogens is 1. The standard InChI is InChI=1S/C26H31ClN6O6S/c1-3-39-26(36)22-14-32(40(37,38)17-4-5-18-19(27)13-29-21(18)12-17)15-24(35)33(22)25(16-8-10-28-11-9-16)20-6-7-23(34)31(2)30-20/h4-7,12-13,16,22,25,28-29H,3,8-11,14-15H2,1-2H3. The third kappa shape index (κ3) is 5.26. The van der Waals surface area contributed by atoms with E-state index in [9.17, 15) is 22.8 Å². The van der Waals surface area contributed by atoms with Gasteiger partial charge >= 0.3 is 5.97 Å². The minimum atomic E-state index is -4.17. The van der Waals surface area contributed by atoms with Gasteiger partial charge in [0.05, 0.1) is 34.8 Å². The van der Waals surface area contributed by atoms with Gasteiger partial charge in [-0.15, -0.1) is 0 Å². The number of piperidine rings is 1. The van der Waals surface area contributed by atoms with Crippen LogP contribution in [0.3, 0.4) is 0 Å². The van der Waals surface area contributed by atoms with Crippen molar-refractivity contribution in [2.24, 2.45) is 13.0 Å². The summed E-state index contributed by atoms with van der Waals surface area (Å²) in [7, 11) is -2.64. The molecule has 2 saturated heterocycles. The summed E-state index contributed by atoms with van der Waals surface area (Å²) < 4.78 is 35.0. The summed E-state index contributed by atoms with van der Waals surface area (Å²) >= 11 is 6.15. The minimum absolute atomic E-state index is 0.0305. The van der Waals surface area contributed by atoms with Crippen LogP contribution in [0.25, 0.3) is 10.9 Å². The summed E-state index contributed by atoms with van der Waals surface area (Å²) in [6.45, 7) is 2.38. The van der Waals surface area contributed by atoms with Gasteiger partial charge < -0.3 is 19.9 Å². The summed E-state index contributed by atoms with van der Waals surface area (Å²) in [4.78, 5) is 43.7. The maximum absolute atomic E-state index is 13.9. The molecule has 2 unspecified atom stereocenters. The average molecular weight is 591 g/mol. The Morgan fingerprint density at radius 2 is 1.95 bits per heavy atom. The highest BCUT2D eigenvalue weighted by Crippen LogP contribution is 2.37. The number of carbonyl (C=O) groups is 2. The number of sulfonamides is 1. The molecule has 2 aliphatic rings. The number of hydrogen-bond acceptors (Lipinski definition) is 8. The Hall–Kier alpha value is -3.26. The number of fused-ring (bicyclic) bond motifs is 1. The number of carbonyl (C=O) groups excluding carboxylic acids is 2. The second-order valence-electron chi connectivity index (χ2n) is 9.96. The average Bonchev–Trinajstić information content (AvgIpc) is 3.32. The van der Waals surface area contributed by atoms with Gasteiger partial charge in [0.15, 0.2) is 0 Å². The normalized spacial score (nSPS) is 20.1. The number of amides is 1. The smallest absolute Gasteiger partial charge is 0.330 e. The van der Waals surface area contributed by atoms with Crippen molar-refractivity contribution in [2.45, 2.75) is 36.7 Å². The van der Waals surface area contributed by atoms with E-state index in [1.807, 2.05) is 0 Å². The van der Waals surface area contributed by atoms with Crippen molar-refractivity contribution in [1.29, 1.82) is 0 Å². The highest BCUT2D eigenvalue weighted by atomic mass is 35.5. The van der Waals surface area contributed by atoms with E-state index in [0.717, 1.165) is 4.31 Å². The molecular weight excluding hydrogens is 560 g/mol. The van der Waals surface area contributed by atoms with Crippen LogP contribution in [-0.2, 0) is 31.4 Å². The second kappa shape index (κ2) is 11.3. The molecule has 0 bridgehead atoms. The third-order valence-electron chi connectivity index (χ3n) is 7.53. The van der Waals surface area contributed by atoms with Crippen molar-refractivity contribution in [1.82, 2.24) is 29.3 Å². The van der Waals surface area contributed by atoms with E-state index in [-0.39, 0.29) is 29.5 Å². The zero-order valence-electron chi connectivity index (χ0n) is 22.2. The van der Waals surface area contributed by atoms with Crippen molar-refractivity contribution in [2.75, 3.05) is 32.8 Å². The number of piperazine rings is 1. The number of H-pyrrole nitrogens is 1. The first-order valence-corrected chi connectivity index (χ1v) is 14.9. The predicted molar refractivity (Wildman–Crippen MR) is 147 cm³/mol. The molecule has 2 N–H and O–H groups in total. The second-order valence-corrected chi connectivity index (χ2v) is 12.3. The van der Waals surface area contributed by atoms with E-state index in [0.29, 0.717) is 47.6 Å². The van der Waals surface area contributed by atoms with E-state index in [4.69, 9.17) is 16.3 Å². The summed E-state index contributed by atoms with van der Waals surface area (Å²) in [5.74, 6) is -1.32. The van der Waals surface area contributed by atoms with Crippen LogP contribution in [0, 0.1) is 5.92 Å². The quantitative estimate of drug-likeness (QED) is 0.393. The molecule has 12 nitrogen and oxygen atoms in total. The summed E-state index contributed by atoms with van der Waals surface area (Å²) in [5, 5.41) is 8.86. The maximum atomic E-state index is 13.9. The van der Waals surface area contributed by atoms with Gasteiger partial charge in [-0.3, -0.25) is 9.59 Å². The van der Waals surface area contributed by atoms with Crippen LogP contribution in [-0.4, -0.2) is 83.1 Å². The topological polar surface area (TPSA) is 147 Å². The molecule has 14 heteroatoms. The number of benzene rings is 1. The molecule has 2 aliphatic heterocycles. The molecule has 1 aromatic carbocycles. The lowest BCUT2D eigenvalue weighted by Crippen LogP contribution is -2.62. The molecule has 0 spiro atoms. The number of nitrogens with zero attached hydrogens (tertiary/aromatic N) is 4. The lowest BCUT2D eigenvalue weighted by atomic mass is 9.85. The fourth-order valence-electron chi connectivity index (χ4n) is 5.54. The van der Waals surface area contributed by atoms with Gasteiger partial charge in [0, 0.05) is 36.8 Å². The van der Waals surface area contributed by atoms with Crippen molar-refractivity contribution >= 4 is 44.4 Å². The molecule has 1 amide bonds. The van der Waals surface area contributed by atoms with Gasteiger partial charge in [0.2, 0.25) is 15.9 Å². The Morgan fingerprint density at radius 1 is 1.20 bits per heavy atom. The van der Waals surface area contributed by atoms with E-state index in [1.165, 1.54) is 34.8 Å². The number of esters is 1. The molecule has 2 aromatic heterocycles. The summed E-state index contributed by atoms with van der Waals surface area (Å²) in [5.41, 5.74) is 0.684. The molecule has 3 aromatic rings. The Labute approximate surface area is 236 Å². The zero-order valence-corrected chi connectivity index (χ0v) is 23.7. The summed E-state index contributed by atoms with van der Waals surface area (Å²) in [6.07, 6.45) is 2.97. The first-order valence-electron chi connectivity index (χ1n) is 13.1. The number of rotatable bonds is 7. The Kier molecular flexibility index (Phi) is 8.00. The fraction of sp³-hybridized carbons (Fsp3) is 0.462. The number of hydrogen-bond donors (Lipinski definition) is 2. The van der Waals surface area contributed by atoms with Gasteiger partial charge in [0.25, 0.3) is 5.56 Å². The van der Waals surface area contributed by atoms with Crippen LogP contribution < -0.4 is 10.9 Å². The van der Waals surface area contributed by atoms with Gasteiger partial charge in [0.1, 0.15) is 6.04 Å². The van der Waals surface area contributed by atoms with Crippen LogP contribution in [0.4, 0.5) is 0 Å². The predicted octanol–water partition coefficient (Wildman–Crippen LogP) is 1.42. The third-order valence-corrected chi connectivity index (χ3v) is 9.65. The lowest BCUT2D eigenvalue weighted by molar-refractivity contribution is -0.162. The lowest BCUT2D eigenvalue weighted by Gasteiger charge is -2.46. The van der Waals surface area contributed by atoms with E-state index in [2.05, 4.69) is 15.4 Å². The maximum Gasteiger partial charge on any atom is 0.330 e. The Bertz CT molecular complexity index is 1600. The summed E-state index contributed by atoms with van der Waals surface area (Å²) in [6, 6.07) is 5.57. The molecule has 0 saturated carbocycles. The highest BCUT2D eigenvalue weighted by Gasteiger charge is 2.48. The highest BCUT2D eigenvalue weighted by molar-refractivity contribution is 7.89. The number of ether oxygens (including phenoxy) is 1. The van der Waals surface area contributed by atoms with E-state index >= 15 is 0 Å². The largest absolute Gasteiger partial charge is 0.464 e. The number of aryl methyl sites for hydroxylation is 1. The van der Waals surface area contributed by atoms with Gasteiger partial charge in [-0.1, -0.05) is 11.6 Å². The molecule has 0 aliphatic carbocycles. The van der Waals surface area contributed by atoms with Crippen LogP contribution in [0.5, 0.6) is 0 Å². The molecule has 5 rings (SSSR count). The van der Waals surface area contributed by atoms with Gasteiger partial charge in [-0.25, -0.2) is 17.9 Å². The number of nitrogens with one attached hydrogen (secondary N) is 2. The fourth-order valence-corrected chi connectivity index (χ4v) is 7.18.